The molecule has 0 aromatic rings. The van der Waals surface area contributed by atoms with Gasteiger partial charge in [0.05, 0.1) is 6.26 Å². The van der Waals surface area contributed by atoms with E-state index < -0.39 is 10.0 Å². The van der Waals surface area contributed by atoms with E-state index in [0.29, 0.717) is 5.57 Å². The highest BCUT2D eigenvalue weighted by Crippen LogP contribution is 2.13. The molecule has 1 aliphatic rings. The quantitative estimate of drug-likeness (QED) is 0.751. The Morgan fingerprint density at radius 3 is 2.38 bits per heavy atom. The maximum Gasteiger partial charge on any atom is 0.248 e. The first kappa shape index (κ1) is 13.2. The zero-order chi connectivity index (χ0) is 12.6. The summed E-state index contributed by atoms with van der Waals surface area (Å²) in [5, 5.41) is 2.80. The molecule has 16 heavy (non-hydrogen) atoms. The number of nitrogens with one attached hydrogen (secondary N) is 1. The third-order valence-corrected chi connectivity index (χ3v) is 3.35. The predicted octanol–water partition coefficient (Wildman–Crippen LogP) is 0.103. The van der Waals surface area contributed by atoms with E-state index in [9.17, 15) is 13.2 Å². The summed E-state index contributed by atoms with van der Waals surface area (Å²) >= 11 is 0. The normalized spacial score (nSPS) is 18.4. The maximum absolute atomic E-state index is 11.7. The second-order valence-electron chi connectivity index (χ2n) is 4.99. The Bertz CT molecular complexity index is 418. The molecule has 0 saturated carbocycles. The molecule has 0 atom stereocenters. The van der Waals surface area contributed by atoms with Crippen LogP contribution in [-0.2, 0) is 14.8 Å². The largest absolute Gasteiger partial charge is 0.348 e. The summed E-state index contributed by atoms with van der Waals surface area (Å²) in [5.41, 5.74) is 0.205. The summed E-state index contributed by atoms with van der Waals surface area (Å²) < 4.78 is 23.8. The first-order valence-corrected chi connectivity index (χ1v) is 6.91. The van der Waals surface area contributed by atoms with Gasteiger partial charge in [-0.3, -0.25) is 4.79 Å². The fraction of sp³-hybridized carbons (Fsp3) is 0.700. The first-order valence-electron chi connectivity index (χ1n) is 5.06. The summed E-state index contributed by atoms with van der Waals surface area (Å²) in [4.78, 5) is 11.7. The number of amides is 1. The molecule has 1 N–H and O–H groups in total. The molecule has 1 heterocycles. The zero-order valence-corrected chi connectivity index (χ0v) is 10.9. The van der Waals surface area contributed by atoms with E-state index in [2.05, 4.69) is 5.32 Å². The zero-order valence-electron chi connectivity index (χ0n) is 10.1. The highest BCUT2D eigenvalue weighted by Gasteiger charge is 2.27. The molecule has 0 spiro atoms. The van der Waals surface area contributed by atoms with E-state index in [-0.39, 0.29) is 24.5 Å². The second-order valence-corrected chi connectivity index (χ2v) is 6.97. The van der Waals surface area contributed by atoms with E-state index in [1.807, 2.05) is 20.8 Å². The molecule has 0 fully saturated rings. The van der Waals surface area contributed by atoms with E-state index in [0.717, 1.165) is 6.26 Å². The van der Waals surface area contributed by atoms with Crippen LogP contribution >= 0.6 is 0 Å². The van der Waals surface area contributed by atoms with Crippen LogP contribution in [0.25, 0.3) is 0 Å². The van der Waals surface area contributed by atoms with Gasteiger partial charge in [0.2, 0.25) is 15.9 Å². The van der Waals surface area contributed by atoms with Crippen molar-refractivity contribution in [1.29, 1.82) is 0 Å². The van der Waals surface area contributed by atoms with Gasteiger partial charge in [0.15, 0.2) is 0 Å². The molecule has 0 aromatic heterocycles. The van der Waals surface area contributed by atoms with Crippen molar-refractivity contribution in [2.24, 2.45) is 0 Å². The number of nitrogens with zero attached hydrogens (tertiary/aromatic N) is 1. The fourth-order valence-electron chi connectivity index (χ4n) is 1.37. The van der Waals surface area contributed by atoms with E-state index in [4.69, 9.17) is 0 Å². The summed E-state index contributed by atoms with van der Waals surface area (Å²) in [5.74, 6) is -0.196. The van der Waals surface area contributed by atoms with E-state index in [1.54, 1.807) is 6.08 Å². The summed E-state index contributed by atoms with van der Waals surface area (Å²) in [6.45, 7) is 6.10. The molecule has 1 aliphatic heterocycles. The van der Waals surface area contributed by atoms with Crippen molar-refractivity contribution in [2.45, 2.75) is 26.3 Å². The van der Waals surface area contributed by atoms with Crippen LogP contribution in [-0.4, -0.2) is 43.5 Å². The van der Waals surface area contributed by atoms with Gasteiger partial charge in [0.1, 0.15) is 0 Å². The van der Waals surface area contributed by atoms with Gasteiger partial charge in [-0.1, -0.05) is 6.08 Å². The van der Waals surface area contributed by atoms with Crippen molar-refractivity contribution < 1.29 is 13.2 Å². The van der Waals surface area contributed by atoms with Crippen LogP contribution in [0, 0.1) is 0 Å². The van der Waals surface area contributed by atoms with E-state index >= 15 is 0 Å². The van der Waals surface area contributed by atoms with Crippen molar-refractivity contribution >= 4 is 15.9 Å². The molecule has 0 aliphatic carbocycles. The van der Waals surface area contributed by atoms with Gasteiger partial charge in [-0.25, -0.2) is 8.42 Å². The molecule has 0 aromatic carbocycles. The van der Waals surface area contributed by atoms with Crippen molar-refractivity contribution in [2.75, 3.05) is 19.3 Å². The Morgan fingerprint density at radius 1 is 1.44 bits per heavy atom. The Labute approximate surface area is 96.6 Å². The monoisotopic (exact) mass is 246 g/mol. The molecule has 6 heteroatoms. The van der Waals surface area contributed by atoms with Gasteiger partial charge in [0.25, 0.3) is 0 Å². The SMILES string of the molecule is CC(C)(C)NC(=O)C1=CCN(S(C)(=O)=O)C1. The van der Waals surface area contributed by atoms with Gasteiger partial charge in [0, 0.05) is 24.2 Å². The van der Waals surface area contributed by atoms with Crippen molar-refractivity contribution in [3.8, 4) is 0 Å². The van der Waals surface area contributed by atoms with Crippen molar-refractivity contribution in [3.05, 3.63) is 11.6 Å². The molecular weight excluding hydrogens is 228 g/mol. The van der Waals surface area contributed by atoms with E-state index in [1.165, 1.54) is 4.31 Å². The van der Waals surface area contributed by atoms with Crippen LogP contribution in [0.3, 0.4) is 0 Å². The van der Waals surface area contributed by atoms with Crippen LogP contribution < -0.4 is 5.32 Å². The number of sulfonamides is 1. The minimum absolute atomic E-state index is 0.167. The lowest BCUT2D eigenvalue weighted by Gasteiger charge is -2.21. The highest BCUT2D eigenvalue weighted by molar-refractivity contribution is 7.88. The molecule has 5 nitrogen and oxygen atoms in total. The van der Waals surface area contributed by atoms with Gasteiger partial charge < -0.3 is 5.32 Å². The maximum atomic E-state index is 11.7. The fourth-order valence-corrected chi connectivity index (χ4v) is 2.09. The summed E-state index contributed by atoms with van der Waals surface area (Å²) in [6.07, 6.45) is 2.80. The van der Waals surface area contributed by atoms with Crippen molar-refractivity contribution in [1.82, 2.24) is 9.62 Å². The summed E-state index contributed by atoms with van der Waals surface area (Å²) in [7, 11) is -3.21. The lowest BCUT2D eigenvalue weighted by atomic mass is 10.1. The van der Waals surface area contributed by atoms with Crippen molar-refractivity contribution in [3.63, 3.8) is 0 Å². The molecule has 0 radical (unpaired) electrons. The molecule has 1 amide bonds. The van der Waals surface area contributed by atoms with Gasteiger partial charge >= 0.3 is 0 Å². The lowest BCUT2D eigenvalue weighted by molar-refractivity contribution is -0.118. The molecular formula is C10H18N2O3S. The molecule has 0 saturated heterocycles. The molecule has 92 valence electrons. The Kier molecular flexibility index (Phi) is 3.44. The summed E-state index contributed by atoms with van der Waals surface area (Å²) in [6, 6.07) is 0. The smallest absolute Gasteiger partial charge is 0.248 e. The number of carbonyl (C=O) groups is 1. The number of hydrogen-bond acceptors (Lipinski definition) is 3. The third-order valence-electron chi connectivity index (χ3n) is 2.14. The average Bonchev–Trinajstić information content (AvgIpc) is 2.46. The van der Waals surface area contributed by atoms with Crippen LogP contribution in [0.4, 0.5) is 0 Å². The van der Waals surface area contributed by atoms with Crippen LogP contribution in [0.2, 0.25) is 0 Å². The topological polar surface area (TPSA) is 66.5 Å². The molecule has 0 bridgehead atoms. The number of hydrogen-bond donors (Lipinski definition) is 1. The minimum atomic E-state index is -3.21. The molecule has 0 unspecified atom stereocenters. The number of rotatable bonds is 2. The van der Waals surface area contributed by atoms with Gasteiger partial charge in [-0.15, -0.1) is 0 Å². The van der Waals surface area contributed by atoms with Crippen LogP contribution in [0.5, 0.6) is 0 Å². The number of carbonyl (C=O) groups excluding carboxylic acids is 1. The average molecular weight is 246 g/mol. The predicted molar refractivity (Wildman–Crippen MR) is 62.4 cm³/mol. The Balaban J connectivity index is 2.64. The Hall–Kier alpha value is -0.880. The second kappa shape index (κ2) is 4.18. The standard InChI is InChI=1S/C10H18N2O3S/c1-10(2,3)11-9(13)8-5-6-12(7-8)16(4,14)15/h5H,6-7H2,1-4H3,(H,11,13). The van der Waals surface area contributed by atoms with Gasteiger partial charge in [-0.2, -0.15) is 4.31 Å². The Morgan fingerprint density at radius 2 is 2.00 bits per heavy atom. The van der Waals surface area contributed by atoms with Gasteiger partial charge in [-0.05, 0) is 20.8 Å². The lowest BCUT2D eigenvalue weighted by Crippen LogP contribution is -2.42. The van der Waals surface area contributed by atoms with Crippen LogP contribution in [0.15, 0.2) is 11.6 Å². The highest BCUT2D eigenvalue weighted by atomic mass is 32.2. The first-order chi connectivity index (χ1) is 7.09. The van der Waals surface area contributed by atoms with Crippen LogP contribution in [0.1, 0.15) is 20.8 Å². The third kappa shape index (κ3) is 3.61. The minimum Gasteiger partial charge on any atom is -0.348 e. The molecule has 1 rings (SSSR count).